The molecule has 1 atom stereocenters. The second-order valence-corrected chi connectivity index (χ2v) is 6.97. The van der Waals surface area contributed by atoms with Gasteiger partial charge in [-0.3, -0.25) is 9.89 Å². The van der Waals surface area contributed by atoms with Gasteiger partial charge in [0, 0.05) is 50.4 Å². The lowest BCUT2D eigenvalue weighted by Gasteiger charge is -2.18. The molecule has 0 radical (unpaired) electrons. The quantitative estimate of drug-likeness (QED) is 0.752. The summed E-state index contributed by atoms with van der Waals surface area (Å²) in [6, 6.07) is 0. The first kappa shape index (κ1) is 18.2. The number of aromatic nitrogens is 2. The highest BCUT2D eigenvalue weighted by atomic mass is 35.5. The van der Waals surface area contributed by atoms with E-state index >= 15 is 0 Å². The van der Waals surface area contributed by atoms with Crippen LogP contribution in [0.4, 0.5) is 0 Å². The summed E-state index contributed by atoms with van der Waals surface area (Å²) in [6.07, 6.45) is 2.09. The van der Waals surface area contributed by atoms with Gasteiger partial charge in [0.1, 0.15) is 0 Å². The Morgan fingerprint density at radius 2 is 2.30 bits per heavy atom. The van der Waals surface area contributed by atoms with Gasteiger partial charge < -0.3 is 15.5 Å². The number of nitrogens with one attached hydrogen (secondary N) is 3. The molecular formula is C16H28ClN5O. The zero-order valence-corrected chi connectivity index (χ0v) is 14.8. The van der Waals surface area contributed by atoms with Gasteiger partial charge in [0.15, 0.2) is 5.69 Å². The van der Waals surface area contributed by atoms with Gasteiger partial charge in [-0.25, -0.2) is 0 Å². The van der Waals surface area contributed by atoms with Gasteiger partial charge in [-0.2, -0.15) is 5.10 Å². The van der Waals surface area contributed by atoms with E-state index in [4.69, 9.17) is 0 Å². The highest BCUT2D eigenvalue weighted by Gasteiger charge is 2.25. The van der Waals surface area contributed by atoms with Gasteiger partial charge in [-0.15, -0.1) is 12.4 Å². The molecule has 1 saturated heterocycles. The van der Waals surface area contributed by atoms with E-state index in [1.807, 2.05) is 0 Å². The Morgan fingerprint density at radius 1 is 1.48 bits per heavy atom. The van der Waals surface area contributed by atoms with Gasteiger partial charge in [-0.1, -0.05) is 13.8 Å². The number of aromatic amines is 1. The van der Waals surface area contributed by atoms with Crippen LogP contribution in [0.5, 0.6) is 0 Å². The van der Waals surface area contributed by atoms with Gasteiger partial charge in [0.2, 0.25) is 0 Å². The Balaban J connectivity index is 0.00000192. The first-order valence-electron chi connectivity index (χ1n) is 8.41. The Morgan fingerprint density at radius 3 is 3.09 bits per heavy atom. The van der Waals surface area contributed by atoms with E-state index in [-0.39, 0.29) is 18.3 Å². The Bertz CT molecular complexity index is 531. The SMILES string of the molecule is CC(C)CN1CCC(CNC(=O)c2n[nH]c3c2CNCC3)C1.Cl. The average molecular weight is 342 g/mol. The minimum atomic E-state index is -0.0384. The number of H-pyrrole nitrogens is 1. The number of rotatable bonds is 5. The van der Waals surface area contributed by atoms with Gasteiger partial charge in [-0.05, 0) is 24.8 Å². The first-order valence-corrected chi connectivity index (χ1v) is 8.41. The van der Waals surface area contributed by atoms with E-state index in [0.29, 0.717) is 17.5 Å². The third-order valence-corrected chi connectivity index (χ3v) is 4.57. The monoisotopic (exact) mass is 341 g/mol. The van der Waals surface area contributed by atoms with Crippen LogP contribution in [-0.4, -0.2) is 53.7 Å². The van der Waals surface area contributed by atoms with Gasteiger partial charge in [0.25, 0.3) is 5.91 Å². The van der Waals surface area contributed by atoms with E-state index in [1.54, 1.807) is 0 Å². The number of fused-ring (bicyclic) bond motifs is 1. The fourth-order valence-electron chi connectivity index (χ4n) is 3.50. The lowest BCUT2D eigenvalue weighted by molar-refractivity contribution is 0.0941. The molecule has 130 valence electrons. The molecule has 3 rings (SSSR count). The van der Waals surface area contributed by atoms with Crippen molar-refractivity contribution in [2.24, 2.45) is 11.8 Å². The molecule has 0 spiro atoms. The minimum Gasteiger partial charge on any atom is -0.350 e. The number of nitrogens with zero attached hydrogens (tertiary/aromatic N) is 2. The van der Waals surface area contributed by atoms with E-state index < -0.39 is 0 Å². The van der Waals surface area contributed by atoms with Crippen molar-refractivity contribution in [3.8, 4) is 0 Å². The summed E-state index contributed by atoms with van der Waals surface area (Å²) < 4.78 is 0. The van der Waals surface area contributed by atoms with Crippen molar-refractivity contribution < 1.29 is 4.79 Å². The molecule has 1 aromatic rings. The van der Waals surface area contributed by atoms with Crippen molar-refractivity contribution in [3.05, 3.63) is 17.0 Å². The van der Waals surface area contributed by atoms with Crippen LogP contribution in [0.25, 0.3) is 0 Å². The molecule has 1 amide bonds. The summed E-state index contributed by atoms with van der Waals surface area (Å²) in [4.78, 5) is 14.9. The predicted octanol–water partition coefficient (Wildman–Crippen LogP) is 1.18. The van der Waals surface area contributed by atoms with Crippen LogP contribution in [0.15, 0.2) is 0 Å². The maximum Gasteiger partial charge on any atom is 0.272 e. The Hall–Kier alpha value is -1.11. The molecule has 0 bridgehead atoms. The largest absolute Gasteiger partial charge is 0.350 e. The Kier molecular flexibility index (Phi) is 6.44. The number of hydrogen-bond donors (Lipinski definition) is 3. The zero-order chi connectivity index (χ0) is 15.5. The fraction of sp³-hybridized carbons (Fsp3) is 0.750. The first-order chi connectivity index (χ1) is 10.6. The van der Waals surface area contributed by atoms with E-state index in [2.05, 4.69) is 39.6 Å². The van der Waals surface area contributed by atoms with Crippen LogP contribution in [-0.2, 0) is 13.0 Å². The summed E-state index contributed by atoms with van der Waals surface area (Å²) in [5.74, 6) is 1.23. The van der Waals surface area contributed by atoms with Crippen LogP contribution in [0.1, 0.15) is 42.0 Å². The number of carbonyl (C=O) groups is 1. The molecular weight excluding hydrogens is 314 g/mol. The number of likely N-dealkylation sites (tertiary alicyclic amines) is 1. The van der Waals surface area contributed by atoms with Crippen LogP contribution in [0.3, 0.4) is 0 Å². The molecule has 2 aliphatic rings. The second kappa shape index (κ2) is 8.13. The van der Waals surface area contributed by atoms with Crippen LogP contribution >= 0.6 is 12.4 Å². The molecule has 7 heteroatoms. The molecule has 6 nitrogen and oxygen atoms in total. The topological polar surface area (TPSA) is 73.0 Å². The summed E-state index contributed by atoms with van der Waals surface area (Å²) in [5.41, 5.74) is 2.71. The van der Waals surface area contributed by atoms with Crippen LogP contribution in [0.2, 0.25) is 0 Å². The van der Waals surface area contributed by atoms with E-state index in [0.717, 1.165) is 56.9 Å². The maximum absolute atomic E-state index is 12.4. The van der Waals surface area contributed by atoms with E-state index in [1.165, 1.54) is 6.42 Å². The smallest absolute Gasteiger partial charge is 0.272 e. The Labute approximate surface area is 144 Å². The molecule has 3 N–H and O–H groups in total. The zero-order valence-electron chi connectivity index (χ0n) is 14.0. The fourth-order valence-corrected chi connectivity index (χ4v) is 3.50. The number of amides is 1. The number of hydrogen-bond acceptors (Lipinski definition) is 4. The van der Waals surface area contributed by atoms with Crippen molar-refractivity contribution in [2.45, 2.75) is 33.2 Å². The molecule has 1 fully saturated rings. The molecule has 0 saturated carbocycles. The molecule has 1 aromatic heterocycles. The van der Waals surface area contributed by atoms with Gasteiger partial charge in [0.05, 0.1) is 0 Å². The van der Waals surface area contributed by atoms with Crippen LogP contribution < -0.4 is 10.6 Å². The van der Waals surface area contributed by atoms with Crippen LogP contribution in [0, 0.1) is 11.8 Å². The normalized spacial score (nSPS) is 21.1. The third-order valence-electron chi connectivity index (χ3n) is 4.57. The third kappa shape index (κ3) is 4.46. The summed E-state index contributed by atoms with van der Waals surface area (Å²) >= 11 is 0. The summed E-state index contributed by atoms with van der Waals surface area (Å²) in [7, 11) is 0. The van der Waals surface area contributed by atoms with Crippen molar-refractivity contribution in [1.29, 1.82) is 0 Å². The number of halogens is 1. The minimum absolute atomic E-state index is 0. The maximum atomic E-state index is 12.4. The molecule has 0 aliphatic carbocycles. The molecule has 2 aliphatic heterocycles. The molecule has 0 aromatic carbocycles. The van der Waals surface area contributed by atoms with Crippen molar-refractivity contribution in [1.82, 2.24) is 25.7 Å². The predicted molar refractivity (Wildman–Crippen MR) is 93.0 cm³/mol. The molecule has 3 heterocycles. The molecule has 23 heavy (non-hydrogen) atoms. The summed E-state index contributed by atoms with van der Waals surface area (Å²) in [5, 5.41) is 13.6. The lowest BCUT2D eigenvalue weighted by Crippen LogP contribution is -2.33. The number of carbonyl (C=O) groups excluding carboxylic acids is 1. The second-order valence-electron chi connectivity index (χ2n) is 6.97. The standard InChI is InChI=1S/C16H27N5O.ClH/c1-11(2)9-21-6-4-12(10-21)7-18-16(22)15-13-8-17-5-3-14(13)19-20-15;/h11-12,17H,3-10H2,1-2H3,(H,18,22)(H,19,20);1H. The van der Waals surface area contributed by atoms with Gasteiger partial charge >= 0.3 is 0 Å². The molecule has 1 unspecified atom stereocenters. The highest BCUT2D eigenvalue weighted by Crippen LogP contribution is 2.18. The average Bonchev–Trinajstić information content (AvgIpc) is 3.10. The van der Waals surface area contributed by atoms with Crippen molar-refractivity contribution >= 4 is 18.3 Å². The lowest BCUT2D eigenvalue weighted by atomic mass is 10.1. The van der Waals surface area contributed by atoms with Crippen molar-refractivity contribution in [2.75, 3.05) is 32.7 Å². The summed E-state index contributed by atoms with van der Waals surface area (Å²) in [6.45, 7) is 10.3. The van der Waals surface area contributed by atoms with E-state index in [9.17, 15) is 4.79 Å². The highest BCUT2D eigenvalue weighted by molar-refractivity contribution is 5.94. The van der Waals surface area contributed by atoms with Crippen molar-refractivity contribution in [3.63, 3.8) is 0 Å².